The van der Waals surface area contributed by atoms with Crippen LogP contribution in [0.25, 0.3) is 11.4 Å². The number of carbonyl (C=O) groups is 1. The number of nitrogens with zero attached hydrogens (tertiary/aromatic N) is 5. The smallest absolute Gasteiger partial charge is 0.263 e. The molecule has 0 bridgehead atoms. The molecule has 3 aromatic heterocycles. The van der Waals surface area contributed by atoms with Gasteiger partial charge in [-0.05, 0) is 52.2 Å². The average Bonchev–Trinajstić information content (AvgIpc) is 3.49. The number of imidazole rings is 1. The summed E-state index contributed by atoms with van der Waals surface area (Å²) in [5.41, 5.74) is 2.14. The molecule has 5 rings (SSSR count). The van der Waals surface area contributed by atoms with E-state index in [0.29, 0.717) is 23.3 Å². The number of pyridine rings is 1. The normalized spacial score (nSPS) is 24.5. The molecule has 174 valence electrons. The lowest BCUT2D eigenvalue weighted by Gasteiger charge is -2.32. The zero-order chi connectivity index (χ0) is 23.1. The maximum atomic E-state index is 13.1. The highest BCUT2D eigenvalue weighted by atomic mass is 16.5. The summed E-state index contributed by atoms with van der Waals surface area (Å²) < 4.78 is 15.3. The third-order valence-corrected chi connectivity index (χ3v) is 6.54. The van der Waals surface area contributed by atoms with Crippen molar-refractivity contribution in [2.45, 2.75) is 70.7 Å². The largest absolute Gasteiger partial charge is 0.479 e. The van der Waals surface area contributed by atoms with Crippen molar-refractivity contribution in [2.75, 3.05) is 12.4 Å². The predicted octanol–water partition coefficient (Wildman–Crippen LogP) is 4.04. The molecule has 0 radical (unpaired) electrons. The predicted molar refractivity (Wildman–Crippen MR) is 124 cm³/mol. The third-order valence-electron chi connectivity index (χ3n) is 6.54. The minimum absolute atomic E-state index is 0.144. The number of aryl methyl sites for hydroxylation is 1. The molecule has 33 heavy (non-hydrogen) atoms. The fourth-order valence-electron chi connectivity index (χ4n) is 5.02. The van der Waals surface area contributed by atoms with Crippen LogP contribution in [-0.2, 0) is 11.2 Å². The summed E-state index contributed by atoms with van der Waals surface area (Å²) in [6.45, 7) is 6.32. The molecule has 1 unspecified atom stereocenters. The zero-order valence-electron chi connectivity index (χ0n) is 19.5. The highest BCUT2D eigenvalue weighted by molar-refractivity contribution is 6.05. The maximum absolute atomic E-state index is 13.1. The summed E-state index contributed by atoms with van der Waals surface area (Å²) in [5, 5.41) is 7.45. The van der Waals surface area contributed by atoms with Crippen LogP contribution in [0, 0.1) is 0 Å². The van der Waals surface area contributed by atoms with Crippen LogP contribution >= 0.6 is 0 Å². The molecule has 4 atom stereocenters. The number of amides is 1. The SMILES string of the molecule is COc1nn(C2C[C@@H](C)O[C@@H](C)C2)cc1C(=O)Nc1cccc(-c2cnc3n2[C@@H](C)CC3)n1. The molecule has 0 aliphatic carbocycles. The molecule has 1 fully saturated rings. The van der Waals surface area contributed by atoms with E-state index in [9.17, 15) is 4.79 Å². The summed E-state index contributed by atoms with van der Waals surface area (Å²) in [7, 11) is 1.53. The second-order valence-electron chi connectivity index (χ2n) is 9.09. The van der Waals surface area contributed by atoms with E-state index in [1.165, 1.54) is 7.11 Å². The fourth-order valence-corrected chi connectivity index (χ4v) is 5.02. The van der Waals surface area contributed by atoms with Crippen molar-refractivity contribution in [3.8, 4) is 17.3 Å². The van der Waals surface area contributed by atoms with Gasteiger partial charge in [-0.25, -0.2) is 9.97 Å². The van der Waals surface area contributed by atoms with Gasteiger partial charge in [0, 0.05) is 18.7 Å². The van der Waals surface area contributed by atoms with Crippen LogP contribution in [0.3, 0.4) is 0 Å². The van der Waals surface area contributed by atoms with Crippen molar-refractivity contribution in [3.63, 3.8) is 0 Å². The molecule has 0 saturated carbocycles. The number of fused-ring (bicyclic) bond motifs is 1. The highest BCUT2D eigenvalue weighted by Gasteiger charge is 2.29. The number of hydrogen-bond donors (Lipinski definition) is 1. The van der Waals surface area contributed by atoms with Gasteiger partial charge >= 0.3 is 0 Å². The Morgan fingerprint density at radius 2 is 2.00 bits per heavy atom. The Kier molecular flexibility index (Phi) is 5.65. The van der Waals surface area contributed by atoms with Gasteiger partial charge in [-0.15, -0.1) is 5.10 Å². The molecule has 0 spiro atoms. The van der Waals surface area contributed by atoms with E-state index in [0.717, 1.165) is 42.9 Å². The van der Waals surface area contributed by atoms with E-state index in [1.807, 2.05) is 23.0 Å². The monoisotopic (exact) mass is 450 g/mol. The molecular weight excluding hydrogens is 420 g/mol. The van der Waals surface area contributed by atoms with E-state index >= 15 is 0 Å². The Hall–Kier alpha value is -3.20. The lowest BCUT2D eigenvalue weighted by atomic mass is 10.0. The van der Waals surface area contributed by atoms with Gasteiger partial charge in [0.15, 0.2) is 0 Å². The highest BCUT2D eigenvalue weighted by Crippen LogP contribution is 2.33. The van der Waals surface area contributed by atoms with Crippen LogP contribution in [0.15, 0.2) is 30.6 Å². The van der Waals surface area contributed by atoms with Crippen LogP contribution in [0.2, 0.25) is 0 Å². The number of anilines is 1. The molecule has 0 aromatic carbocycles. The fraction of sp³-hybridized carbons (Fsp3) is 0.500. The summed E-state index contributed by atoms with van der Waals surface area (Å²) >= 11 is 0. The Morgan fingerprint density at radius 1 is 1.21 bits per heavy atom. The topological polar surface area (TPSA) is 96.1 Å². The molecule has 5 heterocycles. The number of aromatic nitrogens is 5. The Labute approximate surface area is 193 Å². The van der Waals surface area contributed by atoms with Gasteiger partial charge in [-0.1, -0.05) is 6.07 Å². The van der Waals surface area contributed by atoms with Crippen LogP contribution < -0.4 is 10.1 Å². The van der Waals surface area contributed by atoms with Gasteiger partial charge in [-0.3, -0.25) is 9.48 Å². The van der Waals surface area contributed by atoms with Crippen molar-refractivity contribution >= 4 is 11.7 Å². The average molecular weight is 451 g/mol. The number of hydrogen-bond acceptors (Lipinski definition) is 6. The van der Waals surface area contributed by atoms with Crippen molar-refractivity contribution in [2.24, 2.45) is 0 Å². The van der Waals surface area contributed by atoms with E-state index in [4.69, 9.17) is 9.47 Å². The van der Waals surface area contributed by atoms with Crippen LogP contribution in [-0.4, -0.2) is 49.5 Å². The number of rotatable bonds is 5. The molecular formula is C24H30N6O3. The first-order chi connectivity index (χ1) is 15.9. The first-order valence-corrected chi connectivity index (χ1v) is 11.6. The van der Waals surface area contributed by atoms with E-state index in [2.05, 4.69) is 45.7 Å². The van der Waals surface area contributed by atoms with Gasteiger partial charge in [0.25, 0.3) is 5.91 Å². The molecule has 3 aromatic rings. The molecule has 1 N–H and O–H groups in total. The van der Waals surface area contributed by atoms with Crippen LogP contribution in [0.5, 0.6) is 5.88 Å². The van der Waals surface area contributed by atoms with Crippen molar-refractivity contribution in [3.05, 3.63) is 42.0 Å². The van der Waals surface area contributed by atoms with Crippen LogP contribution in [0.4, 0.5) is 5.82 Å². The molecule has 2 aliphatic heterocycles. The minimum Gasteiger partial charge on any atom is -0.479 e. The number of ether oxygens (including phenoxy) is 2. The summed E-state index contributed by atoms with van der Waals surface area (Å²) in [6.07, 6.45) is 7.66. The number of methoxy groups -OCH3 is 1. The van der Waals surface area contributed by atoms with E-state index in [-0.39, 0.29) is 24.2 Å². The molecule has 1 saturated heterocycles. The lowest BCUT2D eigenvalue weighted by Crippen LogP contribution is -2.31. The standard InChI is InChI=1S/C24H30N6O3/c1-14-8-9-22-25-12-20(30(14)22)19-6-5-7-21(26-19)27-23(31)18-13-29(28-24(18)32-4)17-10-15(2)33-16(3)11-17/h5-7,12-17H,8-11H2,1-4H3,(H,26,27,31)/t14-,15-,16+,17?/m0/s1. The number of carbonyl (C=O) groups excluding carboxylic acids is 1. The summed E-state index contributed by atoms with van der Waals surface area (Å²) in [4.78, 5) is 22.4. The van der Waals surface area contributed by atoms with Gasteiger partial charge < -0.3 is 19.4 Å². The Bertz CT molecular complexity index is 1160. The van der Waals surface area contributed by atoms with E-state index < -0.39 is 0 Å². The minimum atomic E-state index is -0.303. The van der Waals surface area contributed by atoms with Crippen molar-refractivity contribution in [1.82, 2.24) is 24.3 Å². The van der Waals surface area contributed by atoms with Gasteiger partial charge in [0.2, 0.25) is 5.88 Å². The van der Waals surface area contributed by atoms with Gasteiger partial charge in [0.05, 0.1) is 42.9 Å². The molecule has 9 nitrogen and oxygen atoms in total. The van der Waals surface area contributed by atoms with E-state index in [1.54, 1.807) is 12.3 Å². The number of nitrogens with one attached hydrogen (secondary N) is 1. The quantitative estimate of drug-likeness (QED) is 0.630. The zero-order valence-corrected chi connectivity index (χ0v) is 19.5. The van der Waals surface area contributed by atoms with Crippen molar-refractivity contribution in [1.29, 1.82) is 0 Å². The van der Waals surface area contributed by atoms with Crippen molar-refractivity contribution < 1.29 is 14.3 Å². The maximum Gasteiger partial charge on any atom is 0.263 e. The van der Waals surface area contributed by atoms with Crippen LogP contribution in [0.1, 0.15) is 68.3 Å². The first-order valence-electron chi connectivity index (χ1n) is 11.6. The Balaban J connectivity index is 1.37. The molecule has 2 aliphatic rings. The third kappa shape index (κ3) is 4.13. The second kappa shape index (κ2) is 8.62. The van der Waals surface area contributed by atoms with Gasteiger partial charge in [0.1, 0.15) is 17.2 Å². The summed E-state index contributed by atoms with van der Waals surface area (Å²) in [5.74, 6) is 1.56. The molecule has 1 amide bonds. The summed E-state index contributed by atoms with van der Waals surface area (Å²) in [6, 6.07) is 6.17. The second-order valence-corrected chi connectivity index (χ2v) is 9.09. The molecule has 9 heteroatoms. The first kappa shape index (κ1) is 21.6. The van der Waals surface area contributed by atoms with Gasteiger partial charge in [-0.2, -0.15) is 0 Å². The lowest BCUT2D eigenvalue weighted by molar-refractivity contribution is -0.0507. The Morgan fingerprint density at radius 3 is 2.76 bits per heavy atom.